The average molecular weight is 640 g/mol. The molecule has 1 aliphatic carbocycles. The molecule has 0 N–H and O–H groups in total. The standard InChI is InChI=1S/C37H24IN2O/c1-37(2)27-20-22(16-17-23(27)24-18-19-30-31(32(24)37)26-13-7-9-15-29(26)41-30)34-33-35(25-12-6-8-14-28(25)38-33)40-36(39-34)21-10-4-3-5-11-21/h3-20H,1-2H3/q-1. The van der Waals surface area contributed by atoms with Crippen LogP contribution < -0.4 is 21.2 Å². The summed E-state index contributed by atoms with van der Waals surface area (Å²) in [7, 11) is 0. The summed E-state index contributed by atoms with van der Waals surface area (Å²) in [6, 6.07) is 38.9. The molecule has 0 amide bonds. The molecule has 0 spiro atoms. The zero-order valence-electron chi connectivity index (χ0n) is 22.6. The molecule has 0 saturated carbocycles. The van der Waals surface area contributed by atoms with E-state index in [9.17, 15) is 0 Å². The zero-order chi connectivity index (χ0) is 27.3. The van der Waals surface area contributed by atoms with E-state index in [1.54, 1.807) is 0 Å². The third kappa shape index (κ3) is 3.25. The first-order valence-corrected chi connectivity index (χ1v) is 16.1. The molecule has 4 heteroatoms. The predicted molar refractivity (Wildman–Crippen MR) is 161 cm³/mol. The van der Waals surface area contributed by atoms with Gasteiger partial charge in [-0.15, -0.1) is 0 Å². The van der Waals surface area contributed by atoms with E-state index in [-0.39, 0.29) is 26.6 Å². The molecular weight excluding hydrogens is 615 g/mol. The first-order valence-electron chi connectivity index (χ1n) is 13.9. The molecular formula is C37H24IN2O-. The number of benzene rings is 5. The summed E-state index contributed by atoms with van der Waals surface area (Å²) < 4.78 is 9.03. The van der Waals surface area contributed by atoms with E-state index in [1.807, 2.05) is 12.1 Å². The molecule has 196 valence electrons. The first kappa shape index (κ1) is 23.4. The van der Waals surface area contributed by atoms with Crippen molar-refractivity contribution in [3.8, 4) is 45.0 Å². The van der Waals surface area contributed by atoms with Crippen LogP contribution in [0.25, 0.3) is 67.0 Å². The van der Waals surface area contributed by atoms with Crippen molar-refractivity contribution in [2.75, 3.05) is 0 Å². The van der Waals surface area contributed by atoms with Crippen LogP contribution in [-0.2, 0) is 5.41 Å². The van der Waals surface area contributed by atoms with E-state index in [1.165, 1.54) is 51.3 Å². The zero-order valence-corrected chi connectivity index (χ0v) is 24.7. The Kier molecular flexibility index (Phi) is 4.78. The maximum atomic E-state index is 6.29. The number of hydrogen-bond donors (Lipinski definition) is 0. The van der Waals surface area contributed by atoms with E-state index in [4.69, 9.17) is 14.4 Å². The molecule has 0 saturated heterocycles. The quantitative estimate of drug-likeness (QED) is 0.214. The Balaban J connectivity index is 1.27. The SMILES string of the molecule is CC1(C)c2cc(-c3nc(-c4ccccc4)nc4c3[I-]c3ccccc3-4)ccc2-c2ccc3oc4ccccc4c3c21. The second-order valence-electron chi connectivity index (χ2n) is 11.3. The van der Waals surface area contributed by atoms with Crippen molar-refractivity contribution in [2.24, 2.45) is 0 Å². The molecule has 1 aliphatic heterocycles. The van der Waals surface area contributed by atoms with Gasteiger partial charge in [0.05, 0.1) is 0 Å². The van der Waals surface area contributed by atoms with Crippen molar-refractivity contribution in [3.05, 3.63) is 127 Å². The summed E-state index contributed by atoms with van der Waals surface area (Å²) in [5, 5.41) is 2.42. The summed E-state index contributed by atoms with van der Waals surface area (Å²) in [6.45, 7) is 4.70. The van der Waals surface area contributed by atoms with Crippen LogP contribution in [0.3, 0.4) is 0 Å². The van der Waals surface area contributed by atoms with Crippen LogP contribution in [0.15, 0.2) is 114 Å². The van der Waals surface area contributed by atoms with E-state index in [0.29, 0.717) is 0 Å². The minimum atomic E-state index is -0.381. The topological polar surface area (TPSA) is 38.9 Å². The Morgan fingerprint density at radius 3 is 2.29 bits per heavy atom. The number of hydrogen-bond acceptors (Lipinski definition) is 3. The van der Waals surface area contributed by atoms with Gasteiger partial charge >= 0.3 is 249 Å². The third-order valence-electron chi connectivity index (χ3n) is 8.63. The molecule has 2 aliphatic rings. The molecule has 5 aromatic carbocycles. The Morgan fingerprint density at radius 1 is 0.634 bits per heavy atom. The third-order valence-corrected chi connectivity index (χ3v) is 11.7. The fraction of sp³-hybridized carbons (Fsp3) is 0.0811. The van der Waals surface area contributed by atoms with Gasteiger partial charge in [-0.25, -0.2) is 0 Å². The maximum absolute atomic E-state index is 6.29. The molecule has 3 heterocycles. The summed E-state index contributed by atoms with van der Waals surface area (Å²) in [5.41, 5.74) is 12.6. The Hall–Kier alpha value is -4.29. The van der Waals surface area contributed by atoms with Gasteiger partial charge in [-0.1, -0.05) is 0 Å². The molecule has 41 heavy (non-hydrogen) atoms. The van der Waals surface area contributed by atoms with Crippen molar-refractivity contribution in [1.29, 1.82) is 0 Å². The fourth-order valence-corrected chi connectivity index (χ4v) is 9.78. The van der Waals surface area contributed by atoms with E-state index >= 15 is 0 Å². The minimum absolute atomic E-state index is 0.191. The molecule has 0 radical (unpaired) electrons. The monoisotopic (exact) mass is 639 g/mol. The Bertz CT molecular complexity index is 2210. The summed E-state index contributed by atoms with van der Waals surface area (Å²) >= 11 is -0.381. The van der Waals surface area contributed by atoms with Gasteiger partial charge in [0.1, 0.15) is 0 Å². The van der Waals surface area contributed by atoms with E-state index in [2.05, 4.69) is 111 Å². The number of nitrogens with zero attached hydrogens (tertiary/aromatic N) is 2. The van der Waals surface area contributed by atoms with E-state index < -0.39 is 0 Å². The number of furan rings is 1. The van der Waals surface area contributed by atoms with Crippen molar-refractivity contribution in [3.63, 3.8) is 0 Å². The van der Waals surface area contributed by atoms with Crippen LogP contribution in [0.4, 0.5) is 0 Å². The van der Waals surface area contributed by atoms with Crippen molar-refractivity contribution in [1.82, 2.24) is 9.97 Å². The molecule has 0 bridgehead atoms. The van der Waals surface area contributed by atoms with Crippen molar-refractivity contribution < 1.29 is 25.6 Å². The summed E-state index contributed by atoms with van der Waals surface area (Å²) in [4.78, 5) is 10.4. The van der Waals surface area contributed by atoms with Gasteiger partial charge in [-0.2, -0.15) is 0 Å². The molecule has 0 fully saturated rings. The predicted octanol–water partition coefficient (Wildman–Crippen LogP) is 6.13. The molecule has 0 atom stereocenters. The van der Waals surface area contributed by atoms with Gasteiger partial charge in [-0.3, -0.25) is 0 Å². The normalized spacial score (nSPS) is 14.4. The van der Waals surface area contributed by atoms with Gasteiger partial charge in [0, 0.05) is 0 Å². The van der Waals surface area contributed by atoms with Crippen LogP contribution in [0.1, 0.15) is 25.0 Å². The number of halogens is 1. The first-order chi connectivity index (χ1) is 20.1. The van der Waals surface area contributed by atoms with Crippen LogP contribution in [0, 0.1) is 7.14 Å². The molecule has 2 aromatic heterocycles. The second-order valence-corrected chi connectivity index (χ2v) is 14.1. The summed E-state index contributed by atoms with van der Waals surface area (Å²) in [5.74, 6) is 0.787. The van der Waals surface area contributed by atoms with Gasteiger partial charge in [0.2, 0.25) is 0 Å². The van der Waals surface area contributed by atoms with Gasteiger partial charge in [0.15, 0.2) is 0 Å². The van der Waals surface area contributed by atoms with Crippen molar-refractivity contribution >= 4 is 21.9 Å². The van der Waals surface area contributed by atoms with Crippen LogP contribution >= 0.6 is 0 Å². The van der Waals surface area contributed by atoms with Gasteiger partial charge < -0.3 is 0 Å². The summed E-state index contributed by atoms with van der Waals surface area (Å²) in [6.07, 6.45) is 0. The molecule has 3 nitrogen and oxygen atoms in total. The molecule has 7 aromatic rings. The average Bonchev–Trinajstić information content (AvgIpc) is 3.65. The van der Waals surface area contributed by atoms with Gasteiger partial charge in [0.25, 0.3) is 0 Å². The van der Waals surface area contributed by atoms with Crippen LogP contribution in [0.5, 0.6) is 0 Å². The van der Waals surface area contributed by atoms with Crippen LogP contribution in [-0.4, -0.2) is 9.97 Å². The second kappa shape index (κ2) is 8.37. The molecule has 0 unspecified atom stereocenters. The Labute approximate surface area is 248 Å². The van der Waals surface area contributed by atoms with Crippen LogP contribution in [0.2, 0.25) is 0 Å². The number of fused-ring (bicyclic) bond motifs is 10. The van der Waals surface area contributed by atoms with Gasteiger partial charge in [-0.05, 0) is 0 Å². The Morgan fingerprint density at radius 2 is 1.39 bits per heavy atom. The number of para-hydroxylation sites is 1. The molecule has 9 rings (SSSR count). The number of aromatic nitrogens is 2. The fourth-order valence-electron chi connectivity index (χ4n) is 6.73. The number of rotatable bonds is 2. The van der Waals surface area contributed by atoms with Crippen molar-refractivity contribution in [2.45, 2.75) is 19.3 Å². The van der Waals surface area contributed by atoms with E-state index in [0.717, 1.165) is 33.9 Å².